The molecule has 0 bridgehead atoms. The molecule has 3 heterocycles. The lowest BCUT2D eigenvalue weighted by Crippen LogP contribution is -2.45. The fourth-order valence-corrected chi connectivity index (χ4v) is 4.65. The average molecular weight is 463 g/mol. The van der Waals surface area contributed by atoms with Gasteiger partial charge in [-0.05, 0) is 65.2 Å². The van der Waals surface area contributed by atoms with Gasteiger partial charge in [0, 0.05) is 31.7 Å². The molecule has 1 N–H and O–H groups in total. The van der Waals surface area contributed by atoms with Gasteiger partial charge in [0.05, 0.1) is 6.54 Å². The van der Waals surface area contributed by atoms with E-state index in [-0.39, 0.29) is 24.0 Å². The maximum absolute atomic E-state index is 5.03. The van der Waals surface area contributed by atoms with Gasteiger partial charge in [-0.25, -0.2) is 0 Å². The summed E-state index contributed by atoms with van der Waals surface area (Å²) in [6, 6.07) is 1.40. The topological polar surface area (TPSA) is 34.1 Å². The summed E-state index contributed by atoms with van der Waals surface area (Å²) >= 11 is 0. The Hall–Kier alpha value is -0.0800. The first-order valence-corrected chi connectivity index (χ1v) is 10.3. The van der Waals surface area contributed by atoms with Crippen molar-refractivity contribution in [1.29, 1.82) is 0 Å². The maximum atomic E-state index is 5.03. The lowest BCUT2D eigenvalue weighted by molar-refractivity contribution is 0.168. The van der Waals surface area contributed by atoms with Gasteiger partial charge >= 0.3 is 0 Å². The number of aliphatic imine (C=N–C) groups is 1. The highest BCUT2D eigenvalue weighted by molar-refractivity contribution is 14.0. The number of guanidine groups is 1. The van der Waals surface area contributed by atoms with Crippen LogP contribution < -0.4 is 5.32 Å². The zero-order chi connectivity index (χ0) is 16.8. The van der Waals surface area contributed by atoms with Gasteiger partial charge in [0.25, 0.3) is 0 Å². The lowest BCUT2D eigenvalue weighted by atomic mass is 10.1. The molecular formula is C19H38IN5. The van der Waals surface area contributed by atoms with Gasteiger partial charge in [0.2, 0.25) is 0 Å². The molecule has 3 rings (SSSR count). The summed E-state index contributed by atoms with van der Waals surface area (Å²) in [5.74, 6) is 1.15. The van der Waals surface area contributed by atoms with E-state index in [0.29, 0.717) is 6.04 Å². The van der Waals surface area contributed by atoms with Gasteiger partial charge in [-0.15, -0.1) is 24.0 Å². The quantitative estimate of drug-likeness (QED) is 0.386. The van der Waals surface area contributed by atoms with E-state index >= 15 is 0 Å². The Bertz CT molecular complexity index is 411. The number of nitrogens with zero attached hydrogens (tertiary/aromatic N) is 4. The van der Waals surface area contributed by atoms with Crippen molar-refractivity contribution in [3.8, 4) is 0 Å². The van der Waals surface area contributed by atoms with Crippen LogP contribution in [-0.4, -0.2) is 85.1 Å². The van der Waals surface area contributed by atoms with E-state index in [0.717, 1.165) is 44.7 Å². The smallest absolute Gasteiger partial charge is 0.194 e. The Morgan fingerprint density at radius 1 is 1.00 bits per heavy atom. The minimum absolute atomic E-state index is 0. The van der Waals surface area contributed by atoms with Gasteiger partial charge in [0.15, 0.2) is 5.96 Å². The molecular weight excluding hydrogens is 425 g/mol. The van der Waals surface area contributed by atoms with Crippen LogP contribution in [0.2, 0.25) is 0 Å². The molecule has 0 aliphatic carbocycles. The molecule has 0 aromatic carbocycles. The number of hydrogen-bond acceptors (Lipinski definition) is 3. The van der Waals surface area contributed by atoms with Crippen molar-refractivity contribution in [3.05, 3.63) is 0 Å². The highest BCUT2D eigenvalue weighted by atomic mass is 127. The van der Waals surface area contributed by atoms with Gasteiger partial charge in [-0.2, -0.15) is 0 Å². The van der Waals surface area contributed by atoms with Crippen molar-refractivity contribution in [1.82, 2.24) is 20.0 Å². The lowest BCUT2D eigenvalue weighted by Gasteiger charge is -2.32. The number of rotatable bonds is 5. The minimum Gasteiger partial charge on any atom is -0.357 e. The second kappa shape index (κ2) is 10.9. The van der Waals surface area contributed by atoms with Crippen molar-refractivity contribution in [2.45, 2.75) is 64.5 Å². The van der Waals surface area contributed by atoms with Crippen LogP contribution in [0.3, 0.4) is 0 Å². The molecule has 0 saturated carbocycles. The third kappa shape index (κ3) is 5.70. The molecule has 5 nitrogen and oxygen atoms in total. The molecule has 3 fully saturated rings. The fourth-order valence-electron chi connectivity index (χ4n) is 4.65. The second-order valence-electron chi connectivity index (χ2n) is 7.60. The van der Waals surface area contributed by atoms with E-state index in [2.05, 4.69) is 33.9 Å². The van der Waals surface area contributed by atoms with E-state index in [4.69, 9.17) is 4.99 Å². The van der Waals surface area contributed by atoms with Crippen LogP contribution in [0, 0.1) is 0 Å². The zero-order valence-electron chi connectivity index (χ0n) is 16.3. The first kappa shape index (κ1) is 21.2. The van der Waals surface area contributed by atoms with Crippen LogP contribution in [0.5, 0.6) is 0 Å². The summed E-state index contributed by atoms with van der Waals surface area (Å²) in [6.45, 7) is 13.7. The van der Waals surface area contributed by atoms with Gasteiger partial charge in [0.1, 0.15) is 0 Å². The molecule has 25 heavy (non-hydrogen) atoms. The number of likely N-dealkylation sites (N-methyl/N-ethyl adjacent to an activating group) is 1. The van der Waals surface area contributed by atoms with Gasteiger partial charge in [-0.1, -0.05) is 13.3 Å². The van der Waals surface area contributed by atoms with Crippen LogP contribution >= 0.6 is 24.0 Å². The highest BCUT2D eigenvalue weighted by Gasteiger charge is 2.30. The molecule has 0 spiro atoms. The number of piperidine rings is 1. The molecule has 2 unspecified atom stereocenters. The third-order valence-corrected chi connectivity index (χ3v) is 6.06. The highest BCUT2D eigenvalue weighted by Crippen LogP contribution is 2.21. The Balaban J connectivity index is 0.00000225. The van der Waals surface area contributed by atoms with Crippen molar-refractivity contribution in [3.63, 3.8) is 0 Å². The summed E-state index contributed by atoms with van der Waals surface area (Å²) < 4.78 is 0. The summed E-state index contributed by atoms with van der Waals surface area (Å²) in [6.07, 6.45) is 8.15. The van der Waals surface area contributed by atoms with Crippen molar-refractivity contribution >= 4 is 29.9 Å². The van der Waals surface area contributed by atoms with E-state index in [1.165, 1.54) is 58.2 Å². The molecule has 0 radical (unpaired) electrons. The van der Waals surface area contributed by atoms with Gasteiger partial charge < -0.3 is 10.2 Å². The SMILES string of the molecule is CCNC(=NCC1CCCN1CC)N1CCC(N2CCCCC2)C1.I. The molecule has 3 aliphatic rings. The van der Waals surface area contributed by atoms with Crippen LogP contribution in [0.4, 0.5) is 0 Å². The largest absolute Gasteiger partial charge is 0.357 e. The molecule has 0 aromatic rings. The van der Waals surface area contributed by atoms with E-state index in [1.54, 1.807) is 0 Å². The predicted octanol–water partition coefficient (Wildman–Crippen LogP) is 2.61. The number of likely N-dealkylation sites (tertiary alicyclic amines) is 3. The Morgan fingerprint density at radius 2 is 1.80 bits per heavy atom. The zero-order valence-corrected chi connectivity index (χ0v) is 18.6. The average Bonchev–Trinajstić information content (AvgIpc) is 3.28. The van der Waals surface area contributed by atoms with Crippen LogP contribution in [-0.2, 0) is 0 Å². The van der Waals surface area contributed by atoms with Crippen LogP contribution in [0.1, 0.15) is 52.4 Å². The first-order valence-electron chi connectivity index (χ1n) is 10.3. The number of hydrogen-bond donors (Lipinski definition) is 1. The van der Waals surface area contributed by atoms with E-state index in [1.807, 2.05) is 0 Å². The van der Waals surface area contributed by atoms with E-state index in [9.17, 15) is 0 Å². The second-order valence-corrected chi connectivity index (χ2v) is 7.60. The van der Waals surface area contributed by atoms with Crippen molar-refractivity contribution in [2.75, 3.05) is 52.4 Å². The van der Waals surface area contributed by atoms with Gasteiger partial charge in [-0.3, -0.25) is 14.8 Å². The summed E-state index contributed by atoms with van der Waals surface area (Å²) in [5, 5.41) is 3.54. The normalized spacial score (nSPS) is 29.0. The number of nitrogens with one attached hydrogen (secondary N) is 1. The van der Waals surface area contributed by atoms with Crippen molar-refractivity contribution in [2.24, 2.45) is 4.99 Å². The monoisotopic (exact) mass is 463 g/mol. The standard InChI is InChI=1S/C19H37N5.HI/c1-3-20-19(21-15-17-9-8-13-22(17)4-2)24-14-10-18(16-24)23-11-6-5-7-12-23;/h17-18H,3-16H2,1-2H3,(H,20,21);1H. The molecule has 3 saturated heterocycles. The van der Waals surface area contributed by atoms with E-state index < -0.39 is 0 Å². The molecule has 146 valence electrons. The minimum atomic E-state index is 0. The molecule has 0 aromatic heterocycles. The number of halogens is 1. The fraction of sp³-hybridized carbons (Fsp3) is 0.947. The molecule has 3 aliphatic heterocycles. The summed E-state index contributed by atoms with van der Waals surface area (Å²) in [5.41, 5.74) is 0. The van der Waals surface area contributed by atoms with Crippen LogP contribution in [0.25, 0.3) is 0 Å². The maximum Gasteiger partial charge on any atom is 0.194 e. The summed E-state index contributed by atoms with van der Waals surface area (Å²) in [4.78, 5) is 12.9. The first-order chi connectivity index (χ1) is 11.8. The molecule has 6 heteroatoms. The Morgan fingerprint density at radius 3 is 2.52 bits per heavy atom. The third-order valence-electron chi connectivity index (χ3n) is 6.06. The summed E-state index contributed by atoms with van der Waals surface area (Å²) in [7, 11) is 0. The predicted molar refractivity (Wildman–Crippen MR) is 117 cm³/mol. The van der Waals surface area contributed by atoms with Crippen LogP contribution in [0.15, 0.2) is 4.99 Å². The molecule has 0 amide bonds. The van der Waals surface area contributed by atoms with Crippen molar-refractivity contribution < 1.29 is 0 Å². The Labute approximate surface area is 171 Å². The molecule has 2 atom stereocenters. The Kier molecular flexibility index (Phi) is 9.27.